The molecule has 3 N–H and O–H groups in total. The van der Waals surface area contributed by atoms with Crippen molar-refractivity contribution in [3.8, 4) is 0 Å². The summed E-state index contributed by atoms with van der Waals surface area (Å²) in [4.78, 5) is 23.1. The third-order valence-electron chi connectivity index (χ3n) is 2.29. The van der Waals surface area contributed by atoms with Crippen molar-refractivity contribution >= 4 is 12.2 Å². The quantitative estimate of drug-likeness (QED) is 0.553. The van der Waals surface area contributed by atoms with E-state index in [4.69, 9.17) is 15.2 Å². The van der Waals surface area contributed by atoms with E-state index in [0.29, 0.717) is 13.1 Å². The van der Waals surface area contributed by atoms with Gasteiger partial charge in [0.15, 0.2) is 0 Å². The molecule has 8 nitrogen and oxygen atoms in total. The lowest BCUT2D eigenvalue weighted by atomic mass is 10.1. The largest absolute Gasteiger partial charge is 0.452 e. The van der Waals surface area contributed by atoms with Crippen LogP contribution in [0.1, 0.15) is 47.5 Å². The summed E-state index contributed by atoms with van der Waals surface area (Å²) in [6.45, 7) is 9.75. The smallest absolute Gasteiger partial charge is 0.444 e. The highest BCUT2D eigenvalue weighted by Crippen LogP contribution is 2.11. The predicted molar refractivity (Wildman–Crippen MR) is 82.8 cm³/mol. The monoisotopic (exact) mass is 316 g/mol. The molecule has 0 aromatic carbocycles. The minimum atomic E-state index is -0.912. The van der Waals surface area contributed by atoms with E-state index in [-0.39, 0.29) is 6.54 Å². The average molecular weight is 316 g/mol. The van der Waals surface area contributed by atoms with Gasteiger partial charge in [0, 0.05) is 0 Å². The van der Waals surface area contributed by atoms with Crippen LogP contribution in [0.3, 0.4) is 0 Å². The van der Waals surface area contributed by atoms with Gasteiger partial charge in [-0.15, -0.1) is 0 Å². The fourth-order valence-electron chi connectivity index (χ4n) is 1.33. The molecular formula is C14H28N4O4. The Morgan fingerprint density at radius 2 is 1.73 bits per heavy atom. The topological polar surface area (TPSA) is 115 Å². The Balaban J connectivity index is 4.12. The van der Waals surface area contributed by atoms with E-state index in [1.807, 2.05) is 0 Å². The van der Waals surface area contributed by atoms with E-state index in [2.05, 4.69) is 15.5 Å². The molecule has 0 unspecified atom stereocenters. The maximum atomic E-state index is 11.5. The molecule has 0 saturated heterocycles. The number of hydrogen-bond donors (Lipinski definition) is 2. The van der Waals surface area contributed by atoms with E-state index in [1.54, 1.807) is 34.6 Å². The molecule has 0 aliphatic heterocycles. The summed E-state index contributed by atoms with van der Waals surface area (Å²) in [7, 11) is 0. The molecule has 0 heterocycles. The van der Waals surface area contributed by atoms with Crippen LogP contribution < -0.4 is 11.1 Å². The molecule has 0 saturated carbocycles. The van der Waals surface area contributed by atoms with Crippen molar-refractivity contribution < 1.29 is 19.1 Å². The van der Waals surface area contributed by atoms with E-state index < -0.39 is 23.4 Å². The normalized spacial score (nSPS) is 12.3. The molecule has 0 aromatic heterocycles. The molecular weight excluding hydrogens is 288 g/mol. The molecule has 22 heavy (non-hydrogen) atoms. The maximum Gasteiger partial charge on any atom is 0.452 e. The van der Waals surface area contributed by atoms with Crippen molar-refractivity contribution in [1.29, 1.82) is 0 Å². The third-order valence-corrected chi connectivity index (χ3v) is 2.29. The number of hydrogen-bond acceptors (Lipinski definition) is 6. The first-order chi connectivity index (χ1) is 10.1. The number of alkyl carbamates (subject to hydrolysis) is 1. The van der Waals surface area contributed by atoms with Crippen LogP contribution in [0, 0.1) is 0 Å². The molecule has 0 atom stereocenters. The number of ether oxygens (including phenoxy) is 2. The number of azo groups is 1. The van der Waals surface area contributed by atoms with Crippen molar-refractivity contribution in [3.63, 3.8) is 0 Å². The minimum absolute atomic E-state index is 0.107. The molecule has 0 radical (unpaired) electrons. The Kier molecular flexibility index (Phi) is 8.62. The third kappa shape index (κ3) is 12.1. The van der Waals surface area contributed by atoms with Crippen LogP contribution in [-0.4, -0.2) is 43.0 Å². The number of carbonyl (C=O) groups excluding carboxylic acids is 2. The Labute approximate surface area is 131 Å². The van der Waals surface area contributed by atoms with Crippen molar-refractivity contribution in [3.05, 3.63) is 0 Å². The molecule has 8 heteroatoms. The van der Waals surface area contributed by atoms with Gasteiger partial charge in [0.2, 0.25) is 0 Å². The van der Waals surface area contributed by atoms with E-state index >= 15 is 0 Å². The number of unbranched alkanes of at least 4 members (excludes halogenated alkanes) is 1. The first kappa shape index (κ1) is 20.3. The highest BCUT2D eigenvalue weighted by atomic mass is 16.6. The Bertz CT molecular complexity index is 389. The SMILES string of the molecule is CC(C)(C)OC(=O)NCC(C)(C)OC(=O)N=NCCCCN. The zero-order valence-electron chi connectivity index (χ0n) is 14.1. The van der Waals surface area contributed by atoms with Crippen LogP contribution in [0.2, 0.25) is 0 Å². The molecule has 0 aromatic rings. The zero-order chi connectivity index (χ0) is 17.2. The van der Waals surface area contributed by atoms with Crippen molar-refractivity contribution in [2.75, 3.05) is 19.6 Å². The number of amides is 2. The zero-order valence-corrected chi connectivity index (χ0v) is 14.1. The second kappa shape index (κ2) is 9.34. The maximum absolute atomic E-state index is 11.5. The minimum Gasteiger partial charge on any atom is -0.444 e. The number of nitrogens with two attached hydrogens (primary N) is 1. The Hall–Kier alpha value is -1.70. The van der Waals surface area contributed by atoms with Crippen LogP contribution in [-0.2, 0) is 9.47 Å². The van der Waals surface area contributed by atoms with Gasteiger partial charge in [0.05, 0.1) is 13.1 Å². The Morgan fingerprint density at radius 3 is 2.27 bits per heavy atom. The predicted octanol–water partition coefficient (Wildman–Crippen LogP) is 2.62. The summed E-state index contributed by atoms with van der Waals surface area (Å²) in [6.07, 6.45) is 0.250. The van der Waals surface area contributed by atoms with Gasteiger partial charge >= 0.3 is 12.2 Å². The fourth-order valence-corrected chi connectivity index (χ4v) is 1.33. The van der Waals surface area contributed by atoms with Crippen LogP contribution in [0.5, 0.6) is 0 Å². The summed E-state index contributed by atoms with van der Waals surface area (Å²) < 4.78 is 10.2. The lowest BCUT2D eigenvalue weighted by Gasteiger charge is -2.25. The number of nitrogens with zero attached hydrogens (tertiary/aromatic N) is 2. The summed E-state index contributed by atoms with van der Waals surface area (Å²) in [5.74, 6) is 0. The van der Waals surface area contributed by atoms with Gasteiger partial charge in [-0.25, -0.2) is 9.59 Å². The molecule has 128 valence electrons. The highest BCUT2D eigenvalue weighted by molar-refractivity contribution is 5.69. The van der Waals surface area contributed by atoms with Gasteiger partial charge in [-0.2, -0.15) is 5.11 Å². The second-order valence-electron chi connectivity index (χ2n) is 6.44. The fraction of sp³-hybridized carbons (Fsp3) is 0.857. The van der Waals surface area contributed by atoms with Gasteiger partial charge in [-0.05, 0) is 54.0 Å². The molecule has 0 fully saturated rings. The van der Waals surface area contributed by atoms with Crippen LogP contribution >= 0.6 is 0 Å². The Morgan fingerprint density at radius 1 is 1.09 bits per heavy atom. The van der Waals surface area contributed by atoms with E-state index in [1.165, 1.54) is 0 Å². The van der Waals surface area contributed by atoms with Crippen molar-refractivity contribution in [2.24, 2.45) is 16.0 Å². The van der Waals surface area contributed by atoms with Gasteiger partial charge < -0.3 is 20.5 Å². The molecule has 0 bridgehead atoms. The lowest BCUT2D eigenvalue weighted by Crippen LogP contribution is -2.43. The summed E-state index contributed by atoms with van der Waals surface area (Å²) in [6, 6.07) is 0. The van der Waals surface area contributed by atoms with E-state index in [0.717, 1.165) is 12.8 Å². The molecule has 0 spiro atoms. The molecule has 0 aliphatic carbocycles. The highest BCUT2D eigenvalue weighted by Gasteiger charge is 2.25. The van der Waals surface area contributed by atoms with Crippen LogP contribution in [0.4, 0.5) is 9.59 Å². The van der Waals surface area contributed by atoms with Crippen molar-refractivity contribution in [1.82, 2.24) is 5.32 Å². The summed E-state index contributed by atoms with van der Waals surface area (Å²) in [5, 5.41) is 9.71. The standard InChI is InChI=1S/C14H28N4O4/c1-13(2,3)21-11(19)16-10-14(4,5)22-12(20)18-17-9-7-6-8-15/h6-10,15H2,1-5H3,(H,16,19). The summed E-state index contributed by atoms with van der Waals surface area (Å²) >= 11 is 0. The van der Waals surface area contributed by atoms with Crippen LogP contribution in [0.15, 0.2) is 10.2 Å². The average Bonchev–Trinajstić information content (AvgIpc) is 2.34. The van der Waals surface area contributed by atoms with Crippen molar-refractivity contribution in [2.45, 2.75) is 58.7 Å². The van der Waals surface area contributed by atoms with Gasteiger partial charge in [-0.1, -0.05) is 5.11 Å². The number of rotatable bonds is 7. The second-order valence-corrected chi connectivity index (χ2v) is 6.44. The summed E-state index contributed by atoms with van der Waals surface area (Å²) in [5.41, 5.74) is 3.85. The van der Waals surface area contributed by atoms with Crippen LogP contribution in [0.25, 0.3) is 0 Å². The van der Waals surface area contributed by atoms with Gasteiger partial charge in [0.25, 0.3) is 0 Å². The first-order valence-electron chi connectivity index (χ1n) is 7.33. The number of carbonyl (C=O) groups is 2. The number of nitrogens with one attached hydrogen (secondary N) is 1. The van der Waals surface area contributed by atoms with Gasteiger partial charge in [0.1, 0.15) is 11.2 Å². The molecule has 2 amide bonds. The van der Waals surface area contributed by atoms with Gasteiger partial charge in [-0.3, -0.25) is 0 Å². The molecule has 0 aliphatic rings. The van der Waals surface area contributed by atoms with E-state index in [9.17, 15) is 9.59 Å². The lowest BCUT2D eigenvalue weighted by molar-refractivity contribution is 0.0287. The molecule has 0 rings (SSSR count). The first-order valence-corrected chi connectivity index (χ1v) is 7.33.